The number of halogens is 2. The molecule has 3 N–H and O–H groups in total. The molecule has 8 heteroatoms. The van der Waals surface area contributed by atoms with Crippen LogP contribution in [0.1, 0.15) is 38.6 Å². The number of benzene rings is 1. The van der Waals surface area contributed by atoms with Crippen molar-refractivity contribution >= 4 is 34.1 Å². The molecule has 0 saturated carbocycles. The minimum atomic E-state index is -1.05. The van der Waals surface area contributed by atoms with Crippen LogP contribution in [-0.2, 0) is 22.6 Å². The van der Waals surface area contributed by atoms with Crippen molar-refractivity contribution in [2.45, 2.75) is 52.0 Å². The molecule has 162 valence electrons. The number of primary amides is 1. The van der Waals surface area contributed by atoms with Gasteiger partial charge in [0.25, 0.3) is 0 Å². The molecular formula is C22H28ClFN4O2. The number of nitrogens with one attached hydrogen (secondary N) is 1. The third-order valence-corrected chi connectivity index (χ3v) is 5.60. The smallest absolute Gasteiger partial charge is 0.237 e. The number of nitrogens with two attached hydrogens (primary N) is 1. The summed E-state index contributed by atoms with van der Waals surface area (Å²) in [4.78, 5) is 16.4. The lowest BCUT2D eigenvalue weighted by Crippen LogP contribution is -2.50. The molecule has 1 aliphatic rings. The lowest BCUT2D eigenvalue weighted by molar-refractivity contribution is -0.123. The Morgan fingerprint density at radius 1 is 1.47 bits per heavy atom. The maximum absolute atomic E-state index is 13.6. The fourth-order valence-electron chi connectivity index (χ4n) is 3.31. The van der Waals surface area contributed by atoms with E-state index in [-0.39, 0.29) is 6.42 Å². The summed E-state index contributed by atoms with van der Waals surface area (Å²) >= 11 is 6.33. The normalized spacial score (nSPS) is 17.2. The summed E-state index contributed by atoms with van der Waals surface area (Å²) in [6.45, 7) is 7.56. The number of nitrogens with zero attached hydrogens (tertiary/aromatic N) is 2. The van der Waals surface area contributed by atoms with Gasteiger partial charge in [-0.05, 0) is 50.1 Å². The fraction of sp³-hybridized carbons (Fsp3) is 0.455. The number of aromatic nitrogens is 2. The summed E-state index contributed by atoms with van der Waals surface area (Å²) in [5, 5.41) is 3.68. The Labute approximate surface area is 180 Å². The summed E-state index contributed by atoms with van der Waals surface area (Å²) in [7, 11) is 0. The maximum Gasteiger partial charge on any atom is 0.237 e. The molecule has 0 spiro atoms. The van der Waals surface area contributed by atoms with E-state index in [0.29, 0.717) is 31.3 Å². The summed E-state index contributed by atoms with van der Waals surface area (Å²) in [5.74, 6) is 0.345. The molecule has 0 bridgehead atoms. The first-order valence-corrected chi connectivity index (χ1v) is 10.4. The Kier molecular flexibility index (Phi) is 6.95. The molecule has 1 heterocycles. The van der Waals surface area contributed by atoms with Gasteiger partial charge >= 0.3 is 0 Å². The number of ether oxygens (including phenoxy) is 1. The van der Waals surface area contributed by atoms with Crippen LogP contribution in [0.2, 0.25) is 0 Å². The molecule has 3 rings (SSSR count). The average molecular weight is 435 g/mol. The fourth-order valence-corrected chi connectivity index (χ4v) is 3.62. The maximum atomic E-state index is 13.6. The zero-order valence-electron chi connectivity index (χ0n) is 17.5. The summed E-state index contributed by atoms with van der Waals surface area (Å²) in [6.07, 6.45) is 2.40. The zero-order valence-corrected chi connectivity index (χ0v) is 18.3. The second kappa shape index (κ2) is 9.29. The number of allylic oxidation sites excluding steroid dienone is 4. The van der Waals surface area contributed by atoms with E-state index < -0.39 is 17.6 Å². The number of imidazole rings is 1. The van der Waals surface area contributed by atoms with E-state index in [2.05, 4.69) is 9.88 Å². The highest BCUT2D eigenvalue weighted by Crippen LogP contribution is 2.33. The highest BCUT2D eigenvalue weighted by Gasteiger charge is 2.25. The Balaban J connectivity index is 1.98. The molecule has 1 unspecified atom stereocenters. The number of rotatable bonds is 9. The first-order valence-electron chi connectivity index (χ1n) is 10.1. The van der Waals surface area contributed by atoms with Gasteiger partial charge in [-0.2, -0.15) is 0 Å². The van der Waals surface area contributed by atoms with Crippen LogP contribution in [0.25, 0.3) is 16.6 Å². The van der Waals surface area contributed by atoms with E-state index in [9.17, 15) is 9.18 Å². The molecule has 0 saturated heterocycles. The van der Waals surface area contributed by atoms with Crippen LogP contribution >= 0.6 is 11.6 Å². The number of alkyl halides is 1. The lowest BCUT2D eigenvalue weighted by Gasteiger charge is -2.22. The van der Waals surface area contributed by atoms with Crippen LogP contribution in [0.15, 0.2) is 35.4 Å². The second-order valence-electron chi connectivity index (χ2n) is 7.82. The van der Waals surface area contributed by atoms with Gasteiger partial charge in [0.1, 0.15) is 12.0 Å². The van der Waals surface area contributed by atoms with Gasteiger partial charge in [0.2, 0.25) is 5.91 Å². The van der Waals surface area contributed by atoms with E-state index in [1.165, 1.54) is 6.08 Å². The molecule has 1 aromatic heterocycles. The first-order chi connectivity index (χ1) is 14.2. The zero-order chi connectivity index (χ0) is 21.9. The van der Waals surface area contributed by atoms with Crippen molar-refractivity contribution in [3.8, 4) is 0 Å². The van der Waals surface area contributed by atoms with Gasteiger partial charge in [-0.15, -0.1) is 0 Å². The molecule has 2 aromatic rings. The molecule has 1 amide bonds. The van der Waals surface area contributed by atoms with Crippen LogP contribution in [-0.4, -0.2) is 40.4 Å². The van der Waals surface area contributed by atoms with E-state index in [4.69, 9.17) is 27.1 Å². The summed E-state index contributed by atoms with van der Waals surface area (Å²) in [5.41, 5.74) is 8.09. The molecular weight excluding hydrogens is 407 g/mol. The molecule has 0 radical (unpaired) electrons. The number of carbonyl (C=O) groups is 1. The Hall–Kier alpha value is -2.22. The van der Waals surface area contributed by atoms with Gasteiger partial charge in [-0.25, -0.2) is 9.37 Å². The lowest BCUT2D eigenvalue weighted by atomic mass is 9.98. The highest BCUT2D eigenvalue weighted by atomic mass is 35.5. The quantitative estimate of drug-likeness (QED) is 0.590. The minimum Gasteiger partial charge on any atom is -0.380 e. The predicted molar refractivity (Wildman–Crippen MR) is 118 cm³/mol. The topological polar surface area (TPSA) is 82.2 Å². The van der Waals surface area contributed by atoms with Crippen molar-refractivity contribution in [3.63, 3.8) is 0 Å². The second-order valence-corrected chi connectivity index (χ2v) is 8.28. The van der Waals surface area contributed by atoms with Gasteiger partial charge < -0.3 is 15.0 Å². The van der Waals surface area contributed by atoms with Crippen molar-refractivity contribution in [1.29, 1.82) is 0 Å². The van der Waals surface area contributed by atoms with Gasteiger partial charge in [-0.3, -0.25) is 10.1 Å². The number of carbonyl (C=O) groups excluding carboxylic acids is 1. The number of hydrogen-bond acceptors (Lipinski definition) is 4. The summed E-state index contributed by atoms with van der Waals surface area (Å²) < 4.78 is 21.2. The van der Waals surface area contributed by atoms with Crippen LogP contribution in [0.3, 0.4) is 0 Å². The Morgan fingerprint density at radius 3 is 2.90 bits per heavy atom. The van der Waals surface area contributed by atoms with Crippen LogP contribution in [0.4, 0.5) is 4.39 Å². The standard InChI is InChI=1S/C22H28ClFN4O2/c1-4-30-10-9-28-19-11-14(16-7-6-15(24)12-17(16)23)5-8-18(19)27-20(28)13-26-22(2,3)21(25)29/h5-8,11,15,26H,4,9-10,12-13H2,1-3H3,(H2,25,29). The molecule has 30 heavy (non-hydrogen) atoms. The molecule has 0 aliphatic heterocycles. The van der Waals surface area contributed by atoms with Crippen molar-refractivity contribution in [2.75, 3.05) is 13.2 Å². The van der Waals surface area contributed by atoms with Crippen molar-refractivity contribution < 1.29 is 13.9 Å². The van der Waals surface area contributed by atoms with E-state index >= 15 is 0 Å². The monoisotopic (exact) mass is 434 g/mol. The van der Waals surface area contributed by atoms with Crippen LogP contribution in [0, 0.1) is 0 Å². The third kappa shape index (κ3) is 4.91. The van der Waals surface area contributed by atoms with Crippen LogP contribution in [0.5, 0.6) is 0 Å². The number of hydrogen-bond donors (Lipinski definition) is 2. The van der Waals surface area contributed by atoms with Crippen molar-refractivity contribution in [2.24, 2.45) is 5.73 Å². The molecule has 0 fully saturated rings. The largest absolute Gasteiger partial charge is 0.380 e. The van der Waals surface area contributed by atoms with Gasteiger partial charge in [-0.1, -0.05) is 23.7 Å². The molecule has 1 aliphatic carbocycles. The predicted octanol–water partition coefficient (Wildman–Crippen LogP) is 3.67. The molecule has 1 atom stereocenters. The molecule has 6 nitrogen and oxygen atoms in total. The Morgan fingerprint density at radius 2 is 2.23 bits per heavy atom. The van der Waals surface area contributed by atoms with E-state index in [1.807, 2.05) is 25.1 Å². The van der Waals surface area contributed by atoms with Crippen LogP contribution < -0.4 is 11.1 Å². The SMILES string of the molecule is CCOCCn1c(CNC(C)(C)C(N)=O)nc2ccc(C3=C(Cl)CC(F)C=C3)cc21. The van der Waals surface area contributed by atoms with Gasteiger partial charge in [0.15, 0.2) is 0 Å². The van der Waals surface area contributed by atoms with Crippen molar-refractivity contribution in [1.82, 2.24) is 14.9 Å². The Bertz CT molecular complexity index is 996. The van der Waals surface area contributed by atoms with E-state index in [0.717, 1.165) is 28.0 Å². The summed E-state index contributed by atoms with van der Waals surface area (Å²) in [6, 6.07) is 5.88. The van der Waals surface area contributed by atoms with Gasteiger partial charge in [0, 0.05) is 24.6 Å². The third-order valence-electron chi connectivity index (χ3n) is 5.24. The van der Waals surface area contributed by atoms with Crippen molar-refractivity contribution in [3.05, 3.63) is 46.8 Å². The highest BCUT2D eigenvalue weighted by molar-refractivity contribution is 6.33. The van der Waals surface area contributed by atoms with Gasteiger partial charge in [0.05, 0.1) is 29.7 Å². The number of amides is 1. The average Bonchev–Trinajstić information content (AvgIpc) is 3.03. The minimum absolute atomic E-state index is 0.187. The number of fused-ring (bicyclic) bond motifs is 1. The first kappa shape index (κ1) is 22.5. The van der Waals surface area contributed by atoms with E-state index in [1.54, 1.807) is 19.9 Å². The molecule has 1 aromatic carbocycles.